The van der Waals surface area contributed by atoms with Crippen LogP contribution in [0.1, 0.15) is 58.6 Å². The lowest BCUT2D eigenvalue weighted by Crippen LogP contribution is -2.48. The number of hydrogen-bond acceptors (Lipinski definition) is 2. The van der Waals surface area contributed by atoms with Crippen LogP contribution in [-0.2, 0) is 17.4 Å². The van der Waals surface area contributed by atoms with Gasteiger partial charge in [0.15, 0.2) is 5.78 Å². The number of carbonyl (C=O) groups excluding carboxylic acids is 1. The fourth-order valence-electron chi connectivity index (χ4n) is 2.93. The van der Waals surface area contributed by atoms with Crippen molar-refractivity contribution in [3.63, 3.8) is 0 Å². The Morgan fingerprint density at radius 1 is 1.08 bits per heavy atom. The second kappa shape index (κ2) is 9.37. The molecule has 0 fully saturated rings. The molecular weight excluding hydrogens is 327 g/mol. The van der Waals surface area contributed by atoms with Gasteiger partial charge in [-0.1, -0.05) is 39.3 Å². The number of unbranched alkanes of at least 4 members (excludes halogenated alkanes) is 1. The predicted molar refractivity (Wildman–Crippen MR) is 95.5 cm³/mol. The second-order valence-corrected chi connectivity index (χ2v) is 7.16. The number of halogens is 3. The summed E-state index contributed by atoms with van der Waals surface area (Å²) in [6.07, 6.45) is -1.87. The Labute approximate surface area is 149 Å². The maximum absolute atomic E-state index is 12.8. The van der Waals surface area contributed by atoms with Crippen LogP contribution >= 0.6 is 0 Å². The zero-order valence-corrected chi connectivity index (χ0v) is 15.9. The van der Waals surface area contributed by atoms with Gasteiger partial charge in [0.05, 0.1) is 11.6 Å². The van der Waals surface area contributed by atoms with Gasteiger partial charge in [-0.2, -0.15) is 13.2 Å². The minimum Gasteiger partial charge on any atom is -0.298 e. The summed E-state index contributed by atoms with van der Waals surface area (Å²) in [7, 11) is 0. The molecule has 0 bridgehead atoms. The van der Waals surface area contributed by atoms with E-state index in [4.69, 9.17) is 0 Å². The van der Waals surface area contributed by atoms with Gasteiger partial charge >= 0.3 is 6.18 Å². The number of rotatable bonds is 9. The molecule has 0 unspecified atom stereocenters. The Morgan fingerprint density at radius 3 is 2.04 bits per heavy atom. The van der Waals surface area contributed by atoms with Gasteiger partial charge in [0.2, 0.25) is 0 Å². The summed E-state index contributed by atoms with van der Waals surface area (Å²) in [5.74, 6) is 0.0343. The molecule has 25 heavy (non-hydrogen) atoms. The van der Waals surface area contributed by atoms with Crippen molar-refractivity contribution in [1.82, 2.24) is 4.90 Å². The fourth-order valence-corrected chi connectivity index (χ4v) is 2.93. The van der Waals surface area contributed by atoms with Crippen molar-refractivity contribution in [1.29, 1.82) is 0 Å². The first kappa shape index (κ1) is 21.7. The maximum Gasteiger partial charge on any atom is 0.416 e. The molecule has 5 heteroatoms. The number of alkyl halides is 3. The van der Waals surface area contributed by atoms with E-state index in [1.807, 2.05) is 13.8 Å². The van der Waals surface area contributed by atoms with Crippen molar-refractivity contribution in [2.75, 3.05) is 6.54 Å². The van der Waals surface area contributed by atoms with Gasteiger partial charge in [-0.05, 0) is 50.9 Å². The zero-order valence-electron chi connectivity index (χ0n) is 15.9. The average Bonchev–Trinajstić information content (AvgIpc) is 2.52. The molecule has 1 aromatic rings. The third-order valence-electron chi connectivity index (χ3n) is 4.44. The second-order valence-electron chi connectivity index (χ2n) is 7.16. The average molecular weight is 357 g/mol. The molecule has 0 radical (unpaired) electrons. The molecule has 0 aliphatic rings. The van der Waals surface area contributed by atoms with Crippen LogP contribution in [0.2, 0.25) is 0 Å². The monoisotopic (exact) mass is 357 g/mol. The molecule has 142 valence electrons. The van der Waals surface area contributed by atoms with Gasteiger partial charge in [0.25, 0.3) is 0 Å². The molecule has 1 atom stereocenters. The third kappa shape index (κ3) is 6.46. The maximum atomic E-state index is 12.8. The highest BCUT2D eigenvalue weighted by Crippen LogP contribution is 2.29. The van der Waals surface area contributed by atoms with E-state index in [9.17, 15) is 18.0 Å². The lowest BCUT2D eigenvalue weighted by Gasteiger charge is -2.35. The van der Waals surface area contributed by atoms with Crippen LogP contribution in [0.3, 0.4) is 0 Å². The summed E-state index contributed by atoms with van der Waals surface area (Å²) in [5, 5.41) is 0. The normalized spacial score (nSPS) is 13.7. The van der Waals surface area contributed by atoms with E-state index in [0.717, 1.165) is 37.1 Å². The highest BCUT2D eigenvalue weighted by atomic mass is 19.4. The Balaban J connectivity index is 3.05. The van der Waals surface area contributed by atoms with Crippen LogP contribution in [-0.4, -0.2) is 29.3 Å². The highest BCUT2D eigenvalue weighted by Gasteiger charge is 2.31. The van der Waals surface area contributed by atoms with E-state index in [1.165, 1.54) is 12.1 Å². The summed E-state index contributed by atoms with van der Waals surface area (Å²) >= 11 is 0. The zero-order chi connectivity index (χ0) is 19.2. The number of ketones is 1. The summed E-state index contributed by atoms with van der Waals surface area (Å²) in [5.41, 5.74) is 0.101. The van der Waals surface area contributed by atoms with Crippen LogP contribution in [0.25, 0.3) is 0 Å². The van der Waals surface area contributed by atoms with E-state index < -0.39 is 11.7 Å². The quantitative estimate of drug-likeness (QED) is 0.593. The summed E-state index contributed by atoms with van der Waals surface area (Å²) in [6.45, 7) is 10.8. The highest BCUT2D eigenvalue weighted by molar-refractivity contribution is 5.86. The molecule has 0 N–H and O–H groups in total. The van der Waals surface area contributed by atoms with Gasteiger partial charge in [-0.3, -0.25) is 9.69 Å². The van der Waals surface area contributed by atoms with Gasteiger partial charge in [0.1, 0.15) is 0 Å². The molecule has 1 aromatic carbocycles. The molecule has 2 nitrogen and oxygen atoms in total. The number of benzene rings is 1. The number of carbonyl (C=O) groups is 1. The van der Waals surface area contributed by atoms with Gasteiger partial charge < -0.3 is 0 Å². The van der Waals surface area contributed by atoms with Crippen LogP contribution < -0.4 is 0 Å². The van der Waals surface area contributed by atoms with E-state index in [2.05, 4.69) is 25.7 Å². The minimum atomic E-state index is -4.34. The number of hydrogen-bond donors (Lipinski definition) is 0. The van der Waals surface area contributed by atoms with Crippen LogP contribution in [0.4, 0.5) is 13.2 Å². The van der Waals surface area contributed by atoms with E-state index in [0.29, 0.717) is 6.42 Å². The Kier molecular flexibility index (Phi) is 8.13. The molecule has 0 saturated carbocycles. The first-order chi connectivity index (χ1) is 11.6. The molecule has 1 rings (SSSR count). The minimum absolute atomic E-state index is 0.109. The van der Waals surface area contributed by atoms with Crippen molar-refractivity contribution >= 4 is 5.78 Å². The van der Waals surface area contributed by atoms with Crippen molar-refractivity contribution in [2.45, 2.75) is 72.1 Å². The Bertz CT molecular complexity index is 535. The van der Waals surface area contributed by atoms with Crippen molar-refractivity contribution in [3.8, 4) is 0 Å². The van der Waals surface area contributed by atoms with Crippen molar-refractivity contribution in [3.05, 3.63) is 35.4 Å². The van der Waals surface area contributed by atoms with Gasteiger partial charge in [-0.15, -0.1) is 0 Å². The fraction of sp³-hybridized carbons (Fsp3) is 0.650. The summed E-state index contributed by atoms with van der Waals surface area (Å²) < 4.78 is 38.2. The summed E-state index contributed by atoms with van der Waals surface area (Å²) in [4.78, 5) is 14.9. The molecule has 0 aromatic heterocycles. The van der Waals surface area contributed by atoms with Crippen LogP contribution in [0.5, 0.6) is 0 Å². The number of nitrogens with zero attached hydrogens (tertiary/aromatic N) is 1. The lowest BCUT2D eigenvalue weighted by molar-refractivity contribution is -0.137. The largest absolute Gasteiger partial charge is 0.416 e. The first-order valence-corrected chi connectivity index (χ1v) is 9.03. The van der Waals surface area contributed by atoms with E-state index in [1.54, 1.807) is 0 Å². The van der Waals surface area contributed by atoms with Gasteiger partial charge in [0, 0.05) is 12.0 Å². The topological polar surface area (TPSA) is 20.3 Å². The van der Waals surface area contributed by atoms with Gasteiger partial charge in [-0.25, -0.2) is 0 Å². The third-order valence-corrected chi connectivity index (χ3v) is 4.44. The summed E-state index contributed by atoms with van der Waals surface area (Å²) in [6, 6.07) is 5.07. The smallest absolute Gasteiger partial charge is 0.298 e. The first-order valence-electron chi connectivity index (χ1n) is 9.03. The molecule has 0 amide bonds. The molecule has 0 heterocycles. The lowest BCUT2D eigenvalue weighted by atomic mass is 9.93. The Morgan fingerprint density at radius 2 is 1.64 bits per heavy atom. The molecule has 0 spiro atoms. The van der Waals surface area contributed by atoms with Crippen LogP contribution in [0.15, 0.2) is 24.3 Å². The predicted octanol–water partition coefficient (Wildman–Crippen LogP) is 5.35. The number of Topliss-reactive ketones (excluding diaryl/α,β-unsaturated/α-hetero) is 1. The van der Waals surface area contributed by atoms with Crippen molar-refractivity contribution in [2.24, 2.45) is 5.92 Å². The standard InChI is InChI=1S/C20H30F3NO/c1-6-7-12-24(15(4)5)18(19(25)14(2)3)13-16-8-10-17(11-9-16)20(21,22)23/h8-11,14-15,18H,6-7,12-13H2,1-5H3/t18-/m0/s1. The van der Waals surface area contributed by atoms with Crippen molar-refractivity contribution < 1.29 is 18.0 Å². The Hall–Kier alpha value is -1.36. The molecule has 0 aliphatic carbocycles. The molecule has 0 saturated heterocycles. The SMILES string of the molecule is CCCCN(C(C)C)[C@@H](Cc1ccc(C(F)(F)F)cc1)C(=O)C(C)C. The van der Waals surface area contributed by atoms with E-state index in [-0.39, 0.29) is 23.8 Å². The van der Waals surface area contributed by atoms with Crippen LogP contribution in [0, 0.1) is 5.92 Å². The molecular formula is C20H30F3NO. The molecule has 0 aliphatic heterocycles. The van der Waals surface area contributed by atoms with E-state index >= 15 is 0 Å².